The molecule has 0 saturated heterocycles. The molecule has 1 rings (SSSR count). The van der Waals surface area contributed by atoms with E-state index in [2.05, 4.69) is 46.6 Å². The van der Waals surface area contributed by atoms with E-state index in [9.17, 15) is 0 Å². The van der Waals surface area contributed by atoms with Crippen molar-refractivity contribution in [2.75, 3.05) is 0 Å². The Morgan fingerprint density at radius 1 is 1.35 bits per heavy atom. The van der Waals surface area contributed by atoms with Crippen LogP contribution in [0.25, 0.3) is 0 Å². The van der Waals surface area contributed by atoms with Gasteiger partial charge in [0.25, 0.3) is 0 Å². The average molecular weight is 272 g/mol. The van der Waals surface area contributed by atoms with Crippen molar-refractivity contribution in [3.63, 3.8) is 0 Å². The van der Waals surface area contributed by atoms with Crippen LogP contribution >= 0.6 is 0 Å². The lowest BCUT2D eigenvalue weighted by Gasteiger charge is -2.40. The first kappa shape index (κ1) is 17.0. The maximum atomic E-state index is 4.32. The van der Waals surface area contributed by atoms with Crippen LogP contribution in [0.15, 0.2) is 48.6 Å². The Hall–Kier alpha value is -1.04. The fourth-order valence-electron chi connectivity index (χ4n) is 3.35. The zero-order chi connectivity index (χ0) is 15.2. The molecule has 0 unspecified atom stereocenters. The van der Waals surface area contributed by atoms with E-state index in [1.54, 1.807) is 0 Å². The molecule has 0 aromatic heterocycles. The maximum Gasteiger partial charge on any atom is -0.0152 e. The van der Waals surface area contributed by atoms with Crippen molar-refractivity contribution < 1.29 is 0 Å². The lowest BCUT2D eigenvalue weighted by Crippen LogP contribution is -2.29. The molecular formula is C20H32. The van der Waals surface area contributed by atoms with Gasteiger partial charge in [-0.3, -0.25) is 0 Å². The summed E-state index contributed by atoms with van der Waals surface area (Å²) in [5.74, 6) is 0.697. The summed E-state index contributed by atoms with van der Waals surface area (Å²) in [6, 6.07) is 0. The van der Waals surface area contributed by atoms with Crippen molar-refractivity contribution in [3.8, 4) is 0 Å². The summed E-state index contributed by atoms with van der Waals surface area (Å²) in [5, 5.41) is 0. The van der Waals surface area contributed by atoms with Crippen LogP contribution in [-0.2, 0) is 0 Å². The Kier molecular flexibility index (Phi) is 6.52. The highest BCUT2D eigenvalue weighted by molar-refractivity contribution is 5.13. The van der Waals surface area contributed by atoms with Gasteiger partial charge in [0.05, 0.1) is 0 Å². The molecule has 1 aliphatic carbocycles. The van der Waals surface area contributed by atoms with Crippen LogP contribution in [0.1, 0.15) is 65.7 Å². The summed E-state index contributed by atoms with van der Waals surface area (Å²) < 4.78 is 0. The van der Waals surface area contributed by atoms with E-state index in [1.807, 2.05) is 6.08 Å². The molecule has 0 heterocycles. The first-order valence-corrected chi connectivity index (χ1v) is 8.00. The van der Waals surface area contributed by atoms with Crippen LogP contribution in [0.4, 0.5) is 0 Å². The van der Waals surface area contributed by atoms with E-state index in [-0.39, 0.29) is 0 Å². The standard InChI is InChI=1S/C20H32/c1-7-16(2)10-8-11-17(3)13-14-19-18(4)12-9-15-20(19,5)6/h7,11,19H,1-2,4,8-10,12-15H2,3,5-6H3/b17-11+/t19-/m1/s1. The van der Waals surface area contributed by atoms with Gasteiger partial charge in [-0.1, -0.05) is 62.5 Å². The smallest absolute Gasteiger partial charge is 0.0152 e. The second-order valence-corrected chi connectivity index (χ2v) is 7.04. The fourth-order valence-corrected chi connectivity index (χ4v) is 3.35. The molecule has 0 bridgehead atoms. The van der Waals surface area contributed by atoms with E-state index in [4.69, 9.17) is 0 Å². The molecule has 0 spiro atoms. The molecule has 0 nitrogen and oxygen atoms in total. The van der Waals surface area contributed by atoms with Gasteiger partial charge < -0.3 is 0 Å². The molecule has 1 atom stereocenters. The molecule has 0 heteroatoms. The largest absolute Gasteiger partial charge is 0.0996 e. The number of hydrogen-bond acceptors (Lipinski definition) is 0. The van der Waals surface area contributed by atoms with Crippen molar-refractivity contribution in [2.24, 2.45) is 11.3 Å². The summed E-state index contributed by atoms with van der Waals surface area (Å²) in [6.45, 7) is 19.1. The monoisotopic (exact) mass is 272 g/mol. The predicted octanol–water partition coefficient (Wildman–Crippen LogP) is 6.62. The molecule has 112 valence electrons. The zero-order valence-corrected chi connectivity index (χ0v) is 13.8. The molecule has 0 amide bonds. The molecule has 0 N–H and O–H groups in total. The van der Waals surface area contributed by atoms with E-state index in [1.165, 1.54) is 43.3 Å². The molecule has 1 saturated carbocycles. The van der Waals surface area contributed by atoms with E-state index in [0.29, 0.717) is 11.3 Å². The summed E-state index contributed by atoms with van der Waals surface area (Å²) >= 11 is 0. The van der Waals surface area contributed by atoms with Crippen LogP contribution in [0, 0.1) is 11.3 Å². The highest BCUT2D eigenvalue weighted by atomic mass is 14.4. The van der Waals surface area contributed by atoms with Crippen molar-refractivity contribution in [3.05, 3.63) is 48.6 Å². The maximum absolute atomic E-state index is 4.32. The molecule has 1 aliphatic rings. The van der Waals surface area contributed by atoms with Gasteiger partial charge in [0, 0.05) is 0 Å². The Labute approximate surface area is 126 Å². The van der Waals surface area contributed by atoms with Crippen molar-refractivity contribution in [2.45, 2.75) is 65.7 Å². The zero-order valence-electron chi connectivity index (χ0n) is 13.8. The number of allylic oxidation sites excluding steroid dienone is 5. The topological polar surface area (TPSA) is 0 Å². The predicted molar refractivity (Wildman–Crippen MR) is 91.8 cm³/mol. The lowest BCUT2D eigenvalue weighted by molar-refractivity contribution is 0.180. The second-order valence-electron chi connectivity index (χ2n) is 7.04. The number of hydrogen-bond donors (Lipinski definition) is 0. The van der Waals surface area contributed by atoms with Crippen LogP contribution in [0.2, 0.25) is 0 Å². The van der Waals surface area contributed by atoms with Gasteiger partial charge in [0.2, 0.25) is 0 Å². The van der Waals surface area contributed by atoms with Gasteiger partial charge in [-0.2, -0.15) is 0 Å². The Bertz CT molecular complexity index is 392. The minimum Gasteiger partial charge on any atom is -0.0996 e. The highest BCUT2D eigenvalue weighted by Gasteiger charge is 2.33. The van der Waals surface area contributed by atoms with Crippen molar-refractivity contribution >= 4 is 0 Å². The lowest BCUT2D eigenvalue weighted by atomic mass is 9.65. The van der Waals surface area contributed by atoms with Gasteiger partial charge in [-0.15, -0.1) is 0 Å². The molecule has 1 fully saturated rings. The first-order chi connectivity index (χ1) is 9.36. The average Bonchev–Trinajstić information content (AvgIpc) is 2.37. The van der Waals surface area contributed by atoms with Crippen LogP contribution in [-0.4, -0.2) is 0 Å². The van der Waals surface area contributed by atoms with Crippen LogP contribution < -0.4 is 0 Å². The SMILES string of the molecule is C=CC(=C)CC/C=C(\C)CC[C@@H]1C(=C)CCCC1(C)C. The normalized spacial score (nSPS) is 22.6. The summed E-state index contributed by atoms with van der Waals surface area (Å²) in [5.41, 5.74) is 4.56. The van der Waals surface area contributed by atoms with Gasteiger partial charge >= 0.3 is 0 Å². The minimum atomic E-state index is 0.437. The third kappa shape index (κ3) is 5.15. The van der Waals surface area contributed by atoms with Gasteiger partial charge in [-0.25, -0.2) is 0 Å². The second kappa shape index (κ2) is 7.67. The summed E-state index contributed by atoms with van der Waals surface area (Å²) in [4.78, 5) is 0. The van der Waals surface area contributed by atoms with Crippen molar-refractivity contribution in [1.82, 2.24) is 0 Å². The minimum absolute atomic E-state index is 0.437. The third-order valence-electron chi connectivity index (χ3n) is 4.83. The van der Waals surface area contributed by atoms with Crippen LogP contribution in [0.5, 0.6) is 0 Å². The molecular weight excluding hydrogens is 240 g/mol. The number of rotatable bonds is 7. The van der Waals surface area contributed by atoms with Crippen LogP contribution in [0.3, 0.4) is 0 Å². The first-order valence-electron chi connectivity index (χ1n) is 8.00. The molecule has 0 aliphatic heterocycles. The molecule has 0 aromatic carbocycles. The van der Waals surface area contributed by atoms with E-state index < -0.39 is 0 Å². The molecule has 20 heavy (non-hydrogen) atoms. The van der Waals surface area contributed by atoms with E-state index >= 15 is 0 Å². The summed E-state index contributed by atoms with van der Waals surface area (Å²) in [7, 11) is 0. The summed E-state index contributed by atoms with van der Waals surface area (Å²) in [6.07, 6.45) is 12.7. The Morgan fingerprint density at radius 2 is 2.05 bits per heavy atom. The van der Waals surface area contributed by atoms with Gasteiger partial charge in [-0.05, 0) is 63.2 Å². The molecule has 0 radical (unpaired) electrons. The van der Waals surface area contributed by atoms with Crippen molar-refractivity contribution in [1.29, 1.82) is 0 Å². The third-order valence-corrected chi connectivity index (χ3v) is 4.83. The fraction of sp³-hybridized carbons (Fsp3) is 0.600. The quantitative estimate of drug-likeness (QED) is 0.361. The van der Waals surface area contributed by atoms with E-state index in [0.717, 1.165) is 18.4 Å². The van der Waals surface area contributed by atoms with Gasteiger partial charge in [0.15, 0.2) is 0 Å². The molecule has 0 aromatic rings. The van der Waals surface area contributed by atoms with Gasteiger partial charge in [0.1, 0.15) is 0 Å². The highest BCUT2D eigenvalue weighted by Crippen LogP contribution is 2.45. The Morgan fingerprint density at radius 3 is 2.65 bits per heavy atom. The Balaban J connectivity index is 2.44.